The number of nitrogens with zero attached hydrogens (tertiary/aromatic N) is 6. The first-order valence-corrected chi connectivity index (χ1v) is 6.43. The number of halogens is 1. The van der Waals surface area contributed by atoms with Gasteiger partial charge in [-0.3, -0.25) is 0 Å². The first-order chi connectivity index (χ1) is 9.83. The van der Waals surface area contributed by atoms with Crippen LogP contribution in [0.2, 0.25) is 0 Å². The van der Waals surface area contributed by atoms with Gasteiger partial charge in [0.15, 0.2) is 11.2 Å². The van der Waals surface area contributed by atoms with Gasteiger partial charge < -0.3 is 9.30 Å². The van der Waals surface area contributed by atoms with Crippen LogP contribution in [0, 0.1) is 0 Å². The molecule has 0 saturated carbocycles. The van der Waals surface area contributed by atoms with Gasteiger partial charge in [-0.15, -0.1) is 11.6 Å². The minimum Gasteiger partial charge on any atom is -0.479 e. The Morgan fingerprint density at radius 1 is 1.35 bits per heavy atom. The molecule has 0 amide bonds. The minimum atomic E-state index is 0.264. The average Bonchev–Trinajstić information content (AvgIpc) is 2.86. The maximum absolute atomic E-state index is 5.96. The minimum absolute atomic E-state index is 0.264. The monoisotopic (exact) mass is 290 g/mol. The topological polar surface area (TPSA) is 78.6 Å². The van der Waals surface area contributed by atoms with Crippen LogP contribution in [0.5, 0.6) is 5.88 Å². The third-order valence-electron chi connectivity index (χ3n) is 2.84. The van der Waals surface area contributed by atoms with Crippen molar-refractivity contribution in [3.05, 3.63) is 36.2 Å². The Hall–Kier alpha value is -2.28. The molecule has 0 aromatic carbocycles. The second-order valence-corrected chi connectivity index (χ2v) is 4.29. The van der Waals surface area contributed by atoms with E-state index in [4.69, 9.17) is 16.3 Å². The summed E-state index contributed by atoms with van der Waals surface area (Å²) in [6.45, 7) is 0.493. The number of fused-ring (bicyclic) bond motifs is 1. The van der Waals surface area contributed by atoms with E-state index in [1.54, 1.807) is 13.3 Å². The maximum Gasteiger partial charge on any atom is 0.245 e. The highest BCUT2D eigenvalue weighted by atomic mass is 35.5. The molecule has 3 aromatic heterocycles. The van der Waals surface area contributed by atoms with Crippen LogP contribution in [0.25, 0.3) is 11.2 Å². The lowest BCUT2D eigenvalue weighted by molar-refractivity contribution is 0.401. The highest BCUT2D eigenvalue weighted by Gasteiger charge is 2.16. The first-order valence-electron chi connectivity index (χ1n) is 5.90. The number of alkyl halides is 1. The van der Waals surface area contributed by atoms with E-state index in [1.165, 1.54) is 6.33 Å². The van der Waals surface area contributed by atoms with Crippen molar-refractivity contribution < 1.29 is 4.74 Å². The number of imidazole rings is 1. The molecule has 0 radical (unpaired) electrons. The van der Waals surface area contributed by atoms with Gasteiger partial charge >= 0.3 is 0 Å². The number of rotatable bonds is 4. The van der Waals surface area contributed by atoms with Crippen molar-refractivity contribution in [1.82, 2.24) is 29.7 Å². The zero-order valence-corrected chi connectivity index (χ0v) is 11.4. The molecule has 0 fully saturated rings. The zero-order valence-electron chi connectivity index (χ0n) is 10.7. The van der Waals surface area contributed by atoms with E-state index in [0.29, 0.717) is 29.4 Å². The SMILES string of the molecule is COc1ncnc2c1nc(CCl)n2Cc1cccnn1. The summed E-state index contributed by atoms with van der Waals surface area (Å²) in [5.74, 6) is 1.38. The van der Waals surface area contributed by atoms with Gasteiger partial charge in [0.05, 0.1) is 25.2 Å². The molecule has 3 rings (SSSR count). The van der Waals surface area contributed by atoms with Crippen molar-refractivity contribution >= 4 is 22.8 Å². The van der Waals surface area contributed by atoms with Crippen LogP contribution in [-0.4, -0.2) is 36.8 Å². The summed E-state index contributed by atoms with van der Waals surface area (Å²) in [6.07, 6.45) is 3.07. The third-order valence-corrected chi connectivity index (χ3v) is 3.08. The summed E-state index contributed by atoms with van der Waals surface area (Å²) in [4.78, 5) is 12.7. The predicted octanol–water partition coefficient (Wildman–Crippen LogP) is 1.41. The lowest BCUT2D eigenvalue weighted by Crippen LogP contribution is -2.06. The van der Waals surface area contributed by atoms with Crippen LogP contribution < -0.4 is 4.74 Å². The number of methoxy groups -OCH3 is 1. The summed E-state index contributed by atoms with van der Waals surface area (Å²) in [6, 6.07) is 3.71. The molecule has 0 spiro atoms. The maximum atomic E-state index is 5.96. The number of ether oxygens (including phenoxy) is 1. The molecule has 0 aliphatic heterocycles. The fourth-order valence-corrected chi connectivity index (χ4v) is 2.16. The van der Waals surface area contributed by atoms with Crippen molar-refractivity contribution in [3.63, 3.8) is 0 Å². The van der Waals surface area contributed by atoms with Gasteiger partial charge in [-0.1, -0.05) is 0 Å². The highest BCUT2D eigenvalue weighted by molar-refractivity contribution is 6.16. The third kappa shape index (κ3) is 2.16. The van der Waals surface area contributed by atoms with Crippen molar-refractivity contribution in [1.29, 1.82) is 0 Å². The number of hydrogen-bond donors (Lipinski definition) is 0. The van der Waals surface area contributed by atoms with Gasteiger partial charge in [-0.05, 0) is 12.1 Å². The van der Waals surface area contributed by atoms with E-state index in [-0.39, 0.29) is 5.88 Å². The molecule has 3 heterocycles. The standard InChI is InChI=1S/C12H11ClN6O/c1-20-12-10-11(14-7-15-12)19(9(5-13)17-10)6-8-3-2-4-16-18-8/h2-4,7H,5-6H2,1H3. The predicted molar refractivity (Wildman–Crippen MR) is 72.6 cm³/mol. The van der Waals surface area contributed by atoms with Crippen LogP contribution >= 0.6 is 11.6 Å². The Labute approximate surface area is 119 Å². The molecular formula is C12H11ClN6O. The molecule has 0 aliphatic carbocycles. The summed E-state index contributed by atoms with van der Waals surface area (Å²) >= 11 is 5.96. The smallest absolute Gasteiger partial charge is 0.245 e. The number of hydrogen-bond acceptors (Lipinski definition) is 6. The Morgan fingerprint density at radius 3 is 2.95 bits per heavy atom. The van der Waals surface area contributed by atoms with Gasteiger partial charge in [-0.25, -0.2) is 9.97 Å². The summed E-state index contributed by atoms with van der Waals surface area (Å²) in [5, 5.41) is 7.92. The Balaban J connectivity index is 2.13. The molecule has 0 atom stereocenters. The Morgan fingerprint density at radius 2 is 2.25 bits per heavy atom. The largest absolute Gasteiger partial charge is 0.479 e. The van der Waals surface area contributed by atoms with Crippen LogP contribution in [0.15, 0.2) is 24.7 Å². The van der Waals surface area contributed by atoms with Gasteiger partial charge in [0, 0.05) is 6.20 Å². The molecule has 3 aromatic rings. The number of aromatic nitrogens is 6. The second kappa shape index (κ2) is 5.38. The van der Waals surface area contributed by atoms with E-state index < -0.39 is 0 Å². The summed E-state index contributed by atoms with van der Waals surface area (Å²) in [5.41, 5.74) is 2.06. The molecular weight excluding hydrogens is 280 g/mol. The van der Waals surface area contributed by atoms with E-state index >= 15 is 0 Å². The molecule has 0 unspecified atom stereocenters. The second-order valence-electron chi connectivity index (χ2n) is 4.02. The Bertz CT molecular complexity index is 729. The zero-order chi connectivity index (χ0) is 13.9. The summed E-state index contributed by atoms with van der Waals surface area (Å²) < 4.78 is 7.08. The quantitative estimate of drug-likeness (QED) is 0.676. The molecule has 7 nitrogen and oxygen atoms in total. The molecule has 0 aliphatic rings. The molecule has 8 heteroatoms. The van der Waals surface area contributed by atoms with E-state index in [2.05, 4.69) is 25.1 Å². The molecule has 0 saturated heterocycles. The first kappa shape index (κ1) is 12.7. The molecule has 0 N–H and O–H groups in total. The van der Waals surface area contributed by atoms with E-state index in [9.17, 15) is 0 Å². The normalized spacial score (nSPS) is 10.9. The van der Waals surface area contributed by atoms with Crippen LogP contribution in [-0.2, 0) is 12.4 Å². The fourth-order valence-electron chi connectivity index (χ4n) is 1.96. The van der Waals surface area contributed by atoms with E-state index in [0.717, 1.165) is 5.69 Å². The highest BCUT2D eigenvalue weighted by Crippen LogP contribution is 2.23. The van der Waals surface area contributed by atoms with Gasteiger partial charge in [0.2, 0.25) is 5.88 Å². The Kier molecular flexibility index (Phi) is 3.42. The van der Waals surface area contributed by atoms with Crippen molar-refractivity contribution in [2.45, 2.75) is 12.4 Å². The summed E-state index contributed by atoms with van der Waals surface area (Å²) in [7, 11) is 1.55. The van der Waals surface area contributed by atoms with Gasteiger partial charge in [0.25, 0.3) is 0 Å². The van der Waals surface area contributed by atoms with Crippen LogP contribution in [0.4, 0.5) is 0 Å². The molecule has 0 bridgehead atoms. The van der Waals surface area contributed by atoms with Crippen molar-refractivity contribution in [2.24, 2.45) is 0 Å². The van der Waals surface area contributed by atoms with Gasteiger partial charge in [0.1, 0.15) is 12.2 Å². The molecule has 20 heavy (non-hydrogen) atoms. The average molecular weight is 291 g/mol. The van der Waals surface area contributed by atoms with Gasteiger partial charge in [-0.2, -0.15) is 15.2 Å². The van der Waals surface area contributed by atoms with Crippen molar-refractivity contribution in [2.75, 3.05) is 7.11 Å². The van der Waals surface area contributed by atoms with Crippen molar-refractivity contribution in [3.8, 4) is 5.88 Å². The van der Waals surface area contributed by atoms with Crippen LogP contribution in [0.1, 0.15) is 11.5 Å². The molecule has 102 valence electrons. The fraction of sp³-hybridized carbons (Fsp3) is 0.250. The van der Waals surface area contributed by atoms with E-state index in [1.807, 2.05) is 16.7 Å². The lowest BCUT2D eigenvalue weighted by Gasteiger charge is -2.05. The van der Waals surface area contributed by atoms with Crippen LogP contribution in [0.3, 0.4) is 0 Å². The lowest BCUT2D eigenvalue weighted by atomic mass is 10.4.